The molecule has 0 aliphatic carbocycles. The highest BCUT2D eigenvalue weighted by Gasteiger charge is 2.25. The Bertz CT molecular complexity index is 1850. The number of hydrogen-bond donors (Lipinski definition) is 4. The molecule has 2 aliphatic heterocycles. The summed E-state index contributed by atoms with van der Waals surface area (Å²) in [7, 11) is 5.19. The maximum atomic E-state index is 13.4. The second kappa shape index (κ2) is 13.7. The molecule has 0 radical (unpaired) electrons. The van der Waals surface area contributed by atoms with Crippen molar-refractivity contribution in [2.45, 2.75) is 0 Å². The Morgan fingerprint density at radius 3 is 2.17 bits per heavy atom. The third-order valence-corrected chi connectivity index (χ3v) is 8.21. The Labute approximate surface area is 273 Å². The molecule has 0 spiro atoms. The van der Waals surface area contributed by atoms with E-state index in [0.717, 1.165) is 31.9 Å². The number of rotatable bonds is 9. The monoisotopic (exact) mass is 632 g/mol. The SMILES string of the molecule is COc1ccc(NC(=O)Nc2cccc(C(=O)c3ccc4c(c3)NC(=O)/C4=C/Nc3ccc(N4CCN(C)CC4)cc3)c2)cc1OC. The topological polar surface area (TPSA) is 124 Å². The third-order valence-electron chi connectivity index (χ3n) is 8.21. The Hall–Kier alpha value is -5.81. The lowest BCUT2D eigenvalue weighted by Gasteiger charge is -2.34. The summed E-state index contributed by atoms with van der Waals surface area (Å²) in [6, 6.07) is 24.5. The van der Waals surface area contributed by atoms with E-state index < -0.39 is 6.03 Å². The van der Waals surface area contributed by atoms with Crippen LogP contribution in [0.5, 0.6) is 11.5 Å². The van der Waals surface area contributed by atoms with E-state index in [9.17, 15) is 14.4 Å². The van der Waals surface area contributed by atoms with Crippen molar-refractivity contribution in [1.29, 1.82) is 0 Å². The number of urea groups is 1. The van der Waals surface area contributed by atoms with Gasteiger partial charge in [-0.05, 0) is 61.6 Å². The molecular formula is C36H36N6O5. The molecule has 6 rings (SSSR count). The highest BCUT2D eigenvalue weighted by atomic mass is 16.5. The normalized spacial score (nSPS) is 15.1. The van der Waals surface area contributed by atoms with Gasteiger partial charge in [0.2, 0.25) is 0 Å². The molecule has 4 N–H and O–H groups in total. The summed E-state index contributed by atoms with van der Waals surface area (Å²) < 4.78 is 10.5. The molecule has 2 aliphatic rings. The van der Waals surface area contributed by atoms with Crippen LogP contribution in [0.3, 0.4) is 0 Å². The second-order valence-electron chi connectivity index (χ2n) is 11.3. The number of fused-ring (bicyclic) bond motifs is 1. The van der Waals surface area contributed by atoms with Crippen molar-refractivity contribution in [1.82, 2.24) is 4.90 Å². The minimum Gasteiger partial charge on any atom is -0.493 e. The number of piperazine rings is 1. The average molecular weight is 633 g/mol. The van der Waals surface area contributed by atoms with E-state index in [1.165, 1.54) is 19.9 Å². The van der Waals surface area contributed by atoms with Crippen LogP contribution in [0.2, 0.25) is 0 Å². The largest absolute Gasteiger partial charge is 0.493 e. The fraction of sp³-hybridized carbons (Fsp3) is 0.194. The van der Waals surface area contributed by atoms with Gasteiger partial charge in [0, 0.05) is 83.6 Å². The lowest BCUT2D eigenvalue weighted by Crippen LogP contribution is -2.44. The minimum absolute atomic E-state index is 0.248. The predicted octanol–water partition coefficient (Wildman–Crippen LogP) is 5.74. The maximum absolute atomic E-state index is 13.4. The summed E-state index contributed by atoms with van der Waals surface area (Å²) in [6.45, 7) is 4.07. The number of carbonyl (C=O) groups is 3. The van der Waals surface area contributed by atoms with E-state index in [2.05, 4.69) is 50.2 Å². The average Bonchev–Trinajstić information content (AvgIpc) is 3.41. The van der Waals surface area contributed by atoms with Crippen LogP contribution in [0.1, 0.15) is 21.5 Å². The molecule has 2 heterocycles. The van der Waals surface area contributed by atoms with Crippen LogP contribution in [0.4, 0.5) is 33.2 Å². The fourth-order valence-corrected chi connectivity index (χ4v) is 5.58. The molecule has 1 fully saturated rings. The predicted molar refractivity (Wildman–Crippen MR) is 185 cm³/mol. The summed E-state index contributed by atoms with van der Waals surface area (Å²) in [5.41, 5.74) is 5.53. The van der Waals surface area contributed by atoms with Gasteiger partial charge in [-0.15, -0.1) is 0 Å². The van der Waals surface area contributed by atoms with Gasteiger partial charge in [-0.1, -0.05) is 24.3 Å². The van der Waals surface area contributed by atoms with Gasteiger partial charge in [-0.25, -0.2) is 4.79 Å². The van der Waals surface area contributed by atoms with Gasteiger partial charge in [-0.2, -0.15) is 0 Å². The number of nitrogens with one attached hydrogen (secondary N) is 4. The molecule has 240 valence electrons. The first-order chi connectivity index (χ1) is 22.8. The third kappa shape index (κ3) is 7.05. The molecule has 4 aromatic rings. The van der Waals surface area contributed by atoms with Gasteiger partial charge in [-0.3, -0.25) is 9.59 Å². The van der Waals surface area contributed by atoms with E-state index in [4.69, 9.17) is 9.47 Å². The molecule has 0 unspecified atom stereocenters. The molecule has 11 heteroatoms. The number of anilines is 5. The number of ether oxygens (including phenoxy) is 2. The number of methoxy groups -OCH3 is 2. The van der Waals surface area contributed by atoms with Gasteiger partial charge >= 0.3 is 6.03 Å². The maximum Gasteiger partial charge on any atom is 0.323 e. The van der Waals surface area contributed by atoms with E-state index in [1.54, 1.807) is 66.9 Å². The molecule has 1 saturated heterocycles. The smallest absolute Gasteiger partial charge is 0.323 e. The number of likely N-dealkylation sites (N-methyl/N-ethyl adjacent to an activating group) is 1. The zero-order valence-electron chi connectivity index (χ0n) is 26.4. The van der Waals surface area contributed by atoms with Crippen molar-refractivity contribution < 1.29 is 23.9 Å². The van der Waals surface area contributed by atoms with Crippen LogP contribution in [0.25, 0.3) is 5.57 Å². The van der Waals surface area contributed by atoms with Crippen molar-refractivity contribution >= 4 is 51.7 Å². The molecule has 3 amide bonds. The van der Waals surface area contributed by atoms with Crippen molar-refractivity contribution in [3.8, 4) is 11.5 Å². The Balaban J connectivity index is 1.10. The molecular weight excluding hydrogens is 596 g/mol. The lowest BCUT2D eigenvalue weighted by atomic mass is 9.99. The van der Waals surface area contributed by atoms with Gasteiger partial charge in [0.15, 0.2) is 17.3 Å². The molecule has 0 saturated carbocycles. The first-order valence-electron chi connectivity index (χ1n) is 15.2. The number of nitrogens with zero attached hydrogens (tertiary/aromatic N) is 2. The molecule has 11 nitrogen and oxygen atoms in total. The summed E-state index contributed by atoms with van der Waals surface area (Å²) in [5.74, 6) is 0.524. The van der Waals surface area contributed by atoms with Crippen molar-refractivity contribution in [2.24, 2.45) is 0 Å². The first kappa shape index (κ1) is 31.2. The quantitative estimate of drug-likeness (QED) is 0.136. The van der Waals surface area contributed by atoms with Gasteiger partial charge in [0.05, 0.1) is 19.8 Å². The molecule has 0 aromatic heterocycles. The highest BCUT2D eigenvalue weighted by molar-refractivity contribution is 6.32. The summed E-state index contributed by atoms with van der Waals surface area (Å²) >= 11 is 0. The fourth-order valence-electron chi connectivity index (χ4n) is 5.58. The number of amides is 3. The zero-order valence-corrected chi connectivity index (χ0v) is 26.4. The van der Waals surface area contributed by atoms with Crippen molar-refractivity contribution in [2.75, 3.05) is 73.6 Å². The molecule has 47 heavy (non-hydrogen) atoms. The summed E-state index contributed by atoms with van der Waals surface area (Å²) in [4.78, 5) is 43.7. The number of ketones is 1. The first-order valence-corrected chi connectivity index (χ1v) is 15.2. The van der Waals surface area contributed by atoms with Crippen LogP contribution in [0, 0.1) is 0 Å². The molecule has 4 aromatic carbocycles. The molecule has 0 atom stereocenters. The van der Waals surface area contributed by atoms with Crippen LogP contribution < -0.4 is 35.6 Å². The lowest BCUT2D eigenvalue weighted by molar-refractivity contribution is -0.110. The Morgan fingerprint density at radius 1 is 0.766 bits per heavy atom. The van der Waals surface area contributed by atoms with Crippen molar-refractivity contribution in [3.05, 3.63) is 108 Å². The summed E-state index contributed by atoms with van der Waals surface area (Å²) in [6.07, 6.45) is 1.69. The Kier molecular flexibility index (Phi) is 9.07. The van der Waals surface area contributed by atoms with Gasteiger partial charge in [0.25, 0.3) is 5.91 Å². The second-order valence-corrected chi connectivity index (χ2v) is 11.3. The van der Waals surface area contributed by atoms with E-state index in [0.29, 0.717) is 50.8 Å². The Morgan fingerprint density at radius 2 is 1.45 bits per heavy atom. The molecule has 0 bridgehead atoms. The van der Waals surface area contributed by atoms with Crippen molar-refractivity contribution in [3.63, 3.8) is 0 Å². The van der Waals surface area contributed by atoms with E-state index >= 15 is 0 Å². The van der Waals surface area contributed by atoms with Crippen LogP contribution in [0.15, 0.2) is 91.1 Å². The summed E-state index contributed by atoms with van der Waals surface area (Å²) in [5, 5.41) is 11.6. The van der Waals surface area contributed by atoms with Gasteiger partial charge in [0.1, 0.15) is 0 Å². The van der Waals surface area contributed by atoms with Crippen LogP contribution in [-0.4, -0.2) is 70.1 Å². The van der Waals surface area contributed by atoms with Crippen LogP contribution in [-0.2, 0) is 4.79 Å². The number of carbonyl (C=O) groups excluding carboxylic acids is 3. The number of benzene rings is 4. The van der Waals surface area contributed by atoms with E-state index in [-0.39, 0.29) is 11.7 Å². The standard InChI is InChI=1S/C36H36N6O5/c1-41-15-17-42(18-16-41)28-11-8-25(9-12-28)37-22-30-29-13-7-24(20-31(29)40-35(30)44)34(43)23-5-4-6-26(19-23)38-36(45)39-27-10-14-32(46-2)33(21-27)47-3/h4-14,19-22,37H,15-18H2,1-3H3,(H,40,44)(H2,38,39,45)/b30-22+. The van der Waals surface area contributed by atoms with Gasteiger partial charge < -0.3 is 40.5 Å². The minimum atomic E-state index is -0.485. The zero-order chi connectivity index (χ0) is 32.9. The van der Waals surface area contributed by atoms with E-state index in [1.807, 2.05) is 12.1 Å². The number of hydrogen-bond acceptors (Lipinski definition) is 8. The van der Waals surface area contributed by atoms with Crippen LogP contribution >= 0.6 is 0 Å². The highest BCUT2D eigenvalue weighted by Crippen LogP contribution is 2.34.